The fourth-order valence-electron chi connectivity index (χ4n) is 15.1. The average Bonchev–Trinajstić information content (AvgIpc) is 0.768. The predicted molar refractivity (Wildman–Crippen MR) is 453 cm³/mol. The van der Waals surface area contributed by atoms with Crippen LogP contribution in [0.5, 0.6) is 51.7 Å². The van der Waals surface area contributed by atoms with E-state index in [-0.39, 0.29) is 124 Å². The van der Waals surface area contributed by atoms with Crippen LogP contribution in [-0.2, 0) is 61.0 Å². The third kappa shape index (κ3) is 22.6. The zero-order valence-electron chi connectivity index (χ0n) is 68.2. The molecule has 2 fully saturated rings. The number of hydrogen-bond donors (Lipinski definition) is 20. The Morgan fingerprint density at radius 1 is 0.677 bits per heavy atom. The van der Waals surface area contributed by atoms with Crippen LogP contribution in [0.15, 0.2) is 127 Å². The maximum Gasteiger partial charge on any atom is 0.247 e. The van der Waals surface area contributed by atoms with E-state index in [1.807, 2.05) is 26.0 Å². The molecule has 7 aromatic carbocycles. The third-order valence-electron chi connectivity index (χ3n) is 22.0. The standard InChI is InChI=1S/C86H101Cl4N11O23/c1-39(2)26-56(93-6)80(113)100-70-72(107)45-16-22-60(54(89)29-45)121-62-10-9-11-63(76(62)123-64-31-47(37-102)74(109)75(110)77(64)124-66-35-86(5,78(111)41(4)120-66)95-36-42-12-18-49(19-13-42)119-38-43-14-20-52(87)53(88)27-43)122-61-23-17-46(30-55(61)90)73(108)71-85(118)99-69(82(115)94-25-8-7-24-91)51-32-48(103)33-59(105)67(51)50-28-44(15-21-58(50)104)68(83(116)101-71)98-79(112)40(3)96-81(114)57(34-65(92)106)97-84(70)117/h9-23,27-30,32-33,39-41,47,56-57,64,66,68-75,77-78,93,95,102-105,107-111H,7-8,24-26,31,34-38,91H2,1-6H3,(H2,92,106)(H,94,115)(H,96,114)(H,97,117)(H,98,112)(H,99,118)(H,100,113)(H,101,116)/t40-,41?,47?,56-,57+,64?,66?,68?,69+,70-,71+,72-,73-,74?,75?,77?,78?,86?/m1/s1. The Morgan fingerprint density at radius 3 is 1.97 bits per heavy atom. The number of aliphatic hydroxyl groups excluding tert-OH is 6. The van der Waals surface area contributed by atoms with E-state index in [2.05, 4.69) is 47.9 Å². The second kappa shape index (κ2) is 41.6. The predicted octanol–water partition coefficient (Wildman–Crippen LogP) is 5.59. The number of aliphatic hydroxyl groups is 6. The number of amides is 8. The average molecular weight is 1800 g/mol. The number of likely N-dealkylation sites (N-methyl/N-ethyl adjacent to an activating group) is 1. The zero-order valence-corrected chi connectivity index (χ0v) is 71.2. The van der Waals surface area contributed by atoms with Crippen molar-refractivity contribution in [3.8, 4) is 62.9 Å². The Balaban J connectivity index is 1.01. The Hall–Kier alpha value is -10.4. The van der Waals surface area contributed by atoms with Crippen molar-refractivity contribution in [1.29, 1.82) is 0 Å². The number of phenolic OH excluding ortho intramolecular Hbond substituents is 3. The molecule has 5 aliphatic heterocycles. The van der Waals surface area contributed by atoms with Gasteiger partial charge in [-0.1, -0.05) is 103 Å². The van der Waals surface area contributed by atoms with Crippen molar-refractivity contribution < 1.29 is 113 Å². The summed E-state index contributed by atoms with van der Waals surface area (Å²) >= 11 is 26.7. The smallest absolute Gasteiger partial charge is 0.247 e. The van der Waals surface area contributed by atoms with Crippen LogP contribution in [0.2, 0.25) is 20.1 Å². The number of nitrogens with one attached hydrogen (secondary N) is 9. The van der Waals surface area contributed by atoms with E-state index in [4.69, 9.17) is 86.3 Å². The molecule has 7 aromatic rings. The second-order valence-electron chi connectivity index (χ2n) is 31.6. The monoisotopic (exact) mass is 1800 g/mol. The number of unbranched alkanes of at least 4 members (excludes halogenated alkanes) is 1. The fourth-order valence-corrected chi connectivity index (χ4v) is 15.9. The molecule has 5 heterocycles. The van der Waals surface area contributed by atoms with Gasteiger partial charge in [0, 0.05) is 54.8 Å². The van der Waals surface area contributed by atoms with E-state index in [1.54, 1.807) is 44.2 Å². The number of phenols is 3. The molecule has 22 N–H and O–H groups in total. The Kier molecular flexibility index (Phi) is 31.6. The van der Waals surface area contributed by atoms with Crippen LogP contribution >= 0.6 is 46.4 Å². The van der Waals surface area contributed by atoms with Crippen molar-refractivity contribution in [2.45, 2.75) is 189 Å². The number of carbonyl (C=O) groups excluding carboxylic acids is 8. The van der Waals surface area contributed by atoms with Crippen molar-refractivity contribution in [3.63, 3.8) is 0 Å². The van der Waals surface area contributed by atoms with Gasteiger partial charge in [0.05, 0.1) is 50.9 Å². The summed E-state index contributed by atoms with van der Waals surface area (Å²) in [6.45, 7) is 8.13. The second-order valence-corrected chi connectivity index (χ2v) is 33.3. The molecule has 1 saturated heterocycles. The first-order valence-electron chi connectivity index (χ1n) is 40.1. The number of primary amides is 1. The lowest BCUT2D eigenvalue weighted by Crippen LogP contribution is -2.64. The van der Waals surface area contributed by atoms with Gasteiger partial charge in [-0.15, -0.1) is 0 Å². The van der Waals surface area contributed by atoms with E-state index < -0.39 is 186 Å². The van der Waals surface area contributed by atoms with E-state index >= 15 is 9.59 Å². The number of ether oxygens (including phenoxy) is 6. The normalized spacial score (nSPS) is 25.9. The van der Waals surface area contributed by atoms with Crippen molar-refractivity contribution in [2.75, 3.05) is 26.7 Å². The molecular formula is C86H101Cl4N11O23. The maximum atomic E-state index is 15.4. The number of hydrogen-bond acceptors (Lipinski definition) is 26. The van der Waals surface area contributed by atoms with Gasteiger partial charge in [-0.05, 0) is 178 Å². The summed E-state index contributed by atoms with van der Waals surface area (Å²) in [6.07, 6.45) is -14.4. The summed E-state index contributed by atoms with van der Waals surface area (Å²) in [6, 6.07) is 16.3. The number of nitrogens with two attached hydrogens (primary N) is 2. The molecule has 666 valence electrons. The molecular weight excluding hydrogens is 1700 g/mol. The highest BCUT2D eigenvalue weighted by molar-refractivity contribution is 6.42. The Bertz CT molecular complexity index is 5060. The van der Waals surface area contributed by atoms with Gasteiger partial charge in [-0.2, -0.15) is 0 Å². The molecule has 0 spiro atoms. The summed E-state index contributed by atoms with van der Waals surface area (Å²) in [7, 11) is 1.49. The van der Waals surface area contributed by atoms with Crippen LogP contribution in [0.3, 0.4) is 0 Å². The largest absolute Gasteiger partial charge is 0.508 e. The fraction of sp³-hybridized carbons (Fsp3) is 0.419. The summed E-state index contributed by atoms with van der Waals surface area (Å²) < 4.78 is 39.3. The highest BCUT2D eigenvalue weighted by Crippen LogP contribution is 2.49. The molecule has 10 bridgehead atoms. The highest BCUT2D eigenvalue weighted by Gasteiger charge is 2.51. The van der Waals surface area contributed by atoms with Crippen molar-refractivity contribution in [3.05, 3.63) is 181 Å². The number of fused-ring (bicyclic) bond motifs is 6. The molecule has 38 heteroatoms. The minimum atomic E-state index is -2.24. The quantitative estimate of drug-likeness (QED) is 0.0347. The van der Waals surface area contributed by atoms with Gasteiger partial charge in [0.1, 0.15) is 108 Å². The van der Waals surface area contributed by atoms with Gasteiger partial charge in [0.25, 0.3) is 0 Å². The minimum Gasteiger partial charge on any atom is -0.508 e. The highest BCUT2D eigenvalue weighted by atomic mass is 35.5. The van der Waals surface area contributed by atoms with Gasteiger partial charge in [-0.25, -0.2) is 0 Å². The molecule has 6 aliphatic rings. The molecule has 124 heavy (non-hydrogen) atoms. The zero-order chi connectivity index (χ0) is 89.9. The number of benzene rings is 7. The molecule has 18 atom stereocenters. The molecule has 10 unspecified atom stereocenters. The van der Waals surface area contributed by atoms with Crippen LogP contribution in [0.25, 0.3) is 11.1 Å². The summed E-state index contributed by atoms with van der Waals surface area (Å²) in [5.74, 6) is -13.2. The Labute approximate surface area is 733 Å². The number of para-hydroxylation sites is 1. The van der Waals surface area contributed by atoms with Gasteiger partial charge in [-0.3, -0.25) is 38.4 Å². The lowest BCUT2D eigenvalue weighted by atomic mass is 9.80. The van der Waals surface area contributed by atoms with E-state index in [0.717, 1.165) is 54.4 Å². The summed E-state index contributed by atoms with van der Waals surface area (Å²) in [5, 5.41) is 131. The number of rotatable bonds is 23. The van der Waals surface area contributed by atoms with E-state index in [9.17, 15) is 74.7 Å². The first kappa shape index (κ1) is 94.3. The number of halogens is 4. The molecule has 1 aliphatic carbocycles. The summed E-state index contributed by atoms with van der Waals surface area (Å²) in [4.78, 5) is 117. The minimum absolute atomic E-state index is 0.0264. The lowest BCUT2D eigenvalue weighted by molar-refractivity contribution is -0.289. The van der Waals surface area contributed by atoms with Gasteiger partial charge >= 0.3 is 0 Å². The maximum absolute atomic E-state index is 15.4. The van der Waals surface area contributed by atoms with E-state index in [0.29, 0.717) is 28.6 Å². The first-order chi connectivity index (χ1) is 59.0. The van der Waals surface area contributed by atoms with Gasteiger partial charge in [0.2, 0.25) is 53.0 Å². The number of aromatic hydroxyl groups is 3. The van der Waals surface area contributed by atoms with Crippen LogP contribution < -0.4 is 78.3 Å². The van der Waals surface area contributed by atoms with Crippen LogP contribution in [0.1, 0.15) is 131 Å². The molecule has 0 radical (unpaired) electrons. The van der Waals surface area contributed by atoms with Crippen molar-refractivity contribution >= 4 is 93.7 Å². The SMILES string of the molecule is CN[C@H](CC(C)C)C(=O)N[C@H]1C(=O)N[C@@H](CC(N)=O)C(=O)N[C@H](C)C(=O)NC2C(=O)N[C@H](C(=O)N[C@H](C(=O)NCCCCN)c3cc(O)cc(O)c3-c3cc2ccc3O)[C@H](O)c2ccc(c(Cl)c2)Oc2cccc(c2OC2CC(CO)C(O)C(O)C2OC2CC(C)(NCc3ccc(OCc4ccc(Cl)c(Cl)c4)cc3)C(O)C(C)O2)Oc2ccc(cc2Cl)[C@H]1O. The first-order valence-corrected chi connectivity index (χ1v) is 41.6. The van der Waals surface area contributed by atoms with E-state index in [1.165, 1.54) is 55.6 Å². The van der Waals surface area contributed by atoms with Crippen molar-refractivity contribution in [1.82, 2.24) is 47.9 Å². The van der Waals surface area contributed by atoms with Crippen LogP contribution in [-0.4, -0.2) is 199 Å². The lowest BCUT2D eigenvalue weighted by Gasteiger charge is -2.48. The molecule has 8 amide bonds. The topological polar surface area (TPSA) is 534 Å². The third-order valence-corrected chi connectivity index (χ3v) is 23.3. The molecule has 13 rings (SSSR count). The van der Waals surface area contributed by atoms with Gasteiger partial charge in [0.15, 0.2) is 17.8 Å². The molecule has 0 aromatic heterocycles. The van der Waals surface area contributed by atoms with Gasteiger partial charge < -0.3 is 134 Å². The van der Waals surface area contributed by atoms with Crippen LogP contribution in [0, 0.1) is 11.8 Å². The molecule has 34 nitrogen and oxygen atoms in total. The van der Waals surface area contributed by atoms with Crippen LogP contribution in [0.4, 0.5) is 0 Å². The number of carbonyl (C=O) groups is 8. The Morgan fingerprint density at radius 2 is 1.34 bits per heavy atom. The molecule has 1 saturated carbocycles. The summed E-state index contributed by atoms with van der Waals surface area (Å²) in [5.41, 5.74) is 10.2. The van der Waals surface area contributed by atoms with Crippen molar-refractivity contribution in [2.24, 2.45) is 23.3 Å².